The molecule has 144 valence electrons. The normalized spacial score (nSPS) is 15.7. The minimum atomic E-state index is -0.0155. The Morgan fingerprint density at radius 2 is 1.67 bits per heavy atom. The SMILES string of the molecule is Cc1c(Cl)cccc1NC(=O)CN1CCN(Cc2ccc(Cl)c(Cl)c2)CC1. The van der Waals surface area contributed by atoms with Crippen molar-refractivity contribution in [3.63, 3.8) is 0 Å². The molecule has 1 amide bonds. The van der Waals surface area contributed by atoms with E-state index in [1.807, 2.05) is 43.3 Å². The highest BCUT2D eigenvalue weighted by Gasteiger charge is 2.19. The van der Waals surface area contributed by atoms with Crippen LogP contribution >= 0.6 is 34.8 Å². The lowest BCUT2D eigenvalue weighted by atomic mass is 10.2. The van der Waals surface area contributed by atoms with Crippen LogP contribution in [0.1, 0.15) is 11.1 Å². The van der Waals surface area contributed by atoms with E-state index in [1.54, 1.807) is 0 Å². The van der Waals surface area contributed by atoms with Crippen molar-refractivity contribution in [2.24, 2.45) is 0 Å². The molecule has 2 aromatic carbocycles. The molecule has 1 aliphatic rings. The number of rotatable bonds is 5. The van der Waals surface area contributed by atoms with Gasteiger partial charge in [0.2, 0.25) is 5.91 Å². The number of carbonyl (C=O) groups excluding carboxylic acids is 1. The van der Waals surface area contributed by atoms with Crippen LogP contribution in [0.5, 0.6) is 0 Å². The van der Waals surface area contributed by atoms with Crippen molar-refractivity contribution >= 4 is 46.4 Å². The first kappa shape index (κ1) is 20.4. The Morgan fingerprint density at radius 1 is 0.963 bits per heavy atom. The van der Waals surface area contributed by atoms with E-state index in [1.165, 1.54) is 0 Å². The quantitative estimate of drug-likeness (QED) is 0.752. The van der Waals surface area contributed by atoms with E-state index in [2.05, 4.69) is 15.1 Å². The van der Waals surface area contributed by atoms with E-state index in [9.17, 15) is 4.79 Å². The van der Waals surface area contributed by atoms with Crippen LogP contribution in [0, 0.1) is 6.92 Å². The lowest BCUT2D eigenvalue weighted by Crippen LogP contribution is -2.48. The molecule has 0 unspecified atom stereocenters. The fourth-order valence-corrected chi connectivity index (χ4v) is 3.63. The molecule has 0 bridgehead atoms. The molecule has 3 rings (SSSR count). The van der Waals surface area contributed by atoms with Gasteiger partial charge < -0.3 is 5.32 Å². The summed E-state index contributed by atoms with van der Waals surface area (Å²) in [7, 11) is 0. The molecule has 0 atom stereocenters. The zero-order chi connectivity index (χ0) is 19.4. The molecule has 7 heteroatoms. The van der Waals surface area contributed by atoms with Crippen molar-refractivity contribution in [1.82, 2.24) is 9.80 Å². The zero-order valence-electron chi connectivity index (χ0n) is 15.1. The van der Waals surface area contributed by atoms with E-state index < -0.39 is 0 Å². The van der Waals surface area contributed by atoms with Gasteiger partial charge in [-0.25, -0.2) is 0 Å². The molecule has 1 aliphatic heterocycles. The predicted molar refractivity (Wildman–Crippen MR) is 113 cm³/mol. The zero-order valence-corrected chi connectivity index (χ0v) is 17.4. The van der Waals surface area contributed by atoms with Gasteiger partial charge in [0.25, 0.3) is 0 Å². The minimum absolute atomic E-state index is 0.0155. The Morgan fingerprint density at radius 3 is 2.37 bits per heavy atom. The Hall–Kier alpha value is -1.30. The van der Waals surface area contributed by atoms with Gasteiger partial charge in [0, 0.05) is 43.4 Å². The van der Waals surface area contributed by atoms with E-state index >= 15 is 0 Å². The summed E-state index contributed by atoms with van der Waals surface area (Å²) in [5.41, 5.74) is 2.80. The molecule has 0 spiro atoms. The molecule has 1 N–H and O–H groups in total. The van der Waals surface area contributed by atoms with Crippen LogP contribution in [0.25, 0.3) is 0 Å². The third kappa shape index (κ3) is 5.59. The van der Waals surface area contributed by atoms with Crippen molar-refractivity contribution in [2.75, 3.05) is 38.0 Å². The second-order valence-corrected chi connectivity index (χ2v) is 7.98. The molecule has 0 saturated carbocycles. The Labute approximate surface area is 175 Å². The molecule has 2 aromatic rings. The summed E-state index contributed by atoms with van der Waals surface area (Å²) in [6, 6.07) is 11.3. The summed E-state index contributed by atoms with van der Waals surface area (Å²) >= 11 is 18.2. The number of anilines is 1. The van der Waals surface area contributed by atoms with Gasteiger partial charge in [0.05, 0.1) is 16.6 Å². The Balaban J connectivity index is 1.47. The van der Waals surface area contributed by atoms with Gasteiger partial charge in [0.1, 0.15) is 0 Å². The second-order valence-electron chi connectivity index (χ2n) is 6.76. The maximum atomic E-state index is 12.3. The van der Waals surface area contributed by atoms with Crippen LogP contribution in [0.15, 0.2) is 36.4 Å². The smallest absolute Gasteiger partial charge is 0.238 e. The number of halogens is 3. The van der Waals surface area contributed by atoms with E-state index in [0.29, 0.717) is 21.6 Å². The van der Waals surface area contributed by atoms with Gasteiger partial charge in [0.15, 0.2) is 0 Å². The molecule has 27 heavy (non-hydrogen) atoms. The van der Waals surface area contributed by atoms with Gasteiger partial charge in [-0.05, 0) is 42.3 Å². The van der Waals surface area contributed by atoms with Crippen LogP contribution in [0.3, 0.4) is 0 Å². The summed E-state index contributed by atoms with van der Waals surface area (Å²) < 4.78 is 0. The third-order valence-electron chi connectivity index (χ3n) is 4.76. The maximum absolute atomic E-state index is 12.3. The van der Waals surface area contributed by atoms with E-state index in [0.717, 1.165) is 49.5 Å². The lowest BCUT2D eigenvalue weighted by Gasteiger charge is -2.34. The summed E-state index contributed by atoms with van der Waals surface area (Å²) in [5, 5.41) is 4.77. The van der Waals surface area contributed by atoms with Crippen LogP contribution < -0.4 is 5.32 Å². The fourth-order valence-electron chi connectivity index (χ4n) is 3.14. The van der Waals surface area contributed by atoms with Crippen LogP contribution in [0.2, 0.25) is 15.1 Å². The number of hydrogen-bond donors (Lipinski definition) is 1. The largest absolute Gasteiger partial charge is 0.325 e. The van der Waals surface area contributed by atoms with Gasteiger partial charge in [-0.1, -0.05) is 46.9 Å². The van der Waals surface area contributed by atoms with Crippen molar-refractivity contribution in [3.05, 3.63) is 62.6 Å². The molecular formula is C20H22Cl3N3O. The first-order valence-electron chi connectivity index (χ1n) is 8.86. The van der Waals surface area contributed by atoms with Crippen LogP contribution in [-0.4, -0.2) is 48.4 Å². The van der Waals surface area contributed by atoms with Gasteiger partial charge >= 0.3 is 0 Å². The third-order valence-corrected chi connectivity index (χ3v) is 5.91. The topological polar surface area (TPSA) is 35.6 Å². The van der Waals surface area contributed by atoms with Crippen LogP contribution in [0.4, 0.5) is 5.69 Å². The number of carbonyl (C=O) groups is 1. The van der Waals surface area contributed by atoms with Crippen molar-refractivity contribution in [2.45, 2.75) is 13.5 Å². The number of hydrogen-bond acceptors (Lipinski definition) is 3. The van der Waals surface area contributed by atoms with Crippen molar-refractivity contribution in [3.8, 4) is 0 Å². The Bertz CT molecular complexity index is 820. The predicted octanol–water partition coefficient (Wildman–Crippen LogP) is 4.71. The van der Waals surface area contributed by atoms with E-state index in [4.69, 9.17) is 34.8 Å². The number of benzene rings is 2. The number of nitrogens with zero attached hydrogens (tertiary/aromatic N) is 2. The minimum Gasteiger partial charge on any atom is -0.325 e. The molecule has 1 heterocycles. The highest BCUT2D eigenvalue weighted by Crippen LogP contribution is 2.24. The summed E-state index contributed by atoms with van der Waals surface area (Å²) in [6.07, 6.45) is 0. The summed E-state index contributed by atoms with van der Waals surface area (Å²) in [5.74, 6) is -0.0155. The number of amides is 1. The van der Waals surface area contributed by atoms with Gasteiger partial charge in [-0.2, -0.15) is 0 Å². The second kappa shape index (κ2) is 9.26. The average Bonchev–Trinajstić information content (AvgIpc) is 2.64. The summed E-state index contributed by atoms with van der Waals surface area (Å²) in [4.78, 5) is 16.9. The standard InChI is InChI=1S/C20H22Cl3N3O/c1-14-16(21)3-2-4-19(14)24-20(27)13-26-9-7-25(8-10-26)12-15-5-6-17(22)18(23)11-15/h2-6,11H,7-10,12-13H2,1H3,(H,24,27). The van der Waals surface area contributed by atoms with Crippen molar-refractivity contribution < 1.29 is 4.79 Å². The fraction of sp³-hybridized carbons (Fsp3) is 0.350. The molecule has 0 aromatic heterocycles. The highest BCUT2D eigenvalue weighted by molar-refractivity contribution is 6.42. The first-order valence-corrected chi connectivity index (χ1v) is 9.99. The molecule has 0 radical (unpaired) electrons. The molecule has 1 saturated heterocycles. The van der Waals surface area contributed by atoms with Crippen LogP contribution in [-0.2, 0) is 11.3 Å². The molecule has 4 nitrogen and oxygen atoms in total. The van der Waals surface area contributed by atoms with Gasteiger partial charge in [-0.3, -0.25) is 14.6 Å². The highest BCUT2D eigenvalue weighted by atomic mass is 35.5. The molecular weight excluding hydrogens is 405 g/mol. The first-order chi connectivity index (χ1) is 12.9. The Kier molecular flexibility index (Phi) is 7.01. The monoisotopic (exact) mass is 425 g/mol. The number of piperazine rings is 1. The van der Waals surface area contributed by atoms with E-state index in [-0.39, 0.29) is 5.91 Å². The van der Waals surface area contributed by atoms with Gasteiger partial charge in [-0.15, -0.1) is 0 Å². The summed E-state index contributed by atoms with van der Waals surface area (Å²) in [6.45, 7) is 6.63. The average molecular weight is 427 g/mol. The molecule has 1 fully saturated rings. The molecule has 0 aliphatic carbocycles. The lowest BCUT2D eigenvalue weighted by molar-refractivity contribution is -0.117. The maximum Gasteiger partial charge on any atom is 0.238 e. The number of nitrogens with one attached hydrogen (secondary N) is 1. The van der Waals surface area contributed by atoms with Crippen molar-refractivity contribution in [1.29, 1.82) is 0 Å².